The Morgan fingerprint density at radius 1 is 1.28 bits per heavy atom. The average molecular weight is 266 g/mol. The molecule has 1 N–H and O–H groups in total. The molecule has 0 amide bonds. The summed E-state index contributed by atoms with van der Waals surface area (Å²) in [5, 5.41) is 2.98. The third kappa shape index (κ3) is 2.77. The van der Waals surface area contributed by atoms with Gasteiger partial charge in [-0.25, -0.2) is 13.4 Å². The van der Waals surface area contributed by atoms with Crippen molar-refractivity contribution in [3.8, 4) is 11.5 Å². The predicted octanol–water partition coefficient (Wildman–Crippen LogP) is 1.46. The van der Waals surface area contributed by atoms with Crippen molar-refractivity contribution in [2.45, 2.75) is 11.4 Å². The van der Waals surface area contributed by atoms with Crippen LogP contribution in [0, 0.1) is 0 Å². The van der Waals surface area contributed by atoms with E-state index < -0.39 is 9.84 Å². The zero-order chi connectivity index (χ0) is 13.2. The van der Waals surface area contributed by atoms with Gasteiger partial charge in [0.15, 0.2) is 9.84 Å². The first-order valence-electron chi connectivity index (χ1n) is 5.40. The summed E-state index contributed by atoms with van der Waals surface area (Å²) in [7, 11) is -1.34. The van der Waals surface area contributed by atoms with E-state index in [-0.39, 0.29) is 4.90 Å². The third-order valence-electron chi connectivity index (χ3n) is 2.44. The predicted molar refractivity (Wildman–Crippen MR) is 67.8 cm³/mol. The number of sulfone groups is 1. The maximum Gasteiger partial charge on any atom is 0.226 e. The van der Waals surface area contributed by atoms with Gasteiger partial charge in [-0.05, 0) is 31.3 Å². The second kappa shape index (κ2) is 4.91. The average Bonchev–Trinajstić information content (AvgIpc) is 2.77. The fourth-order valence-corrected chi connectivity index (χ4v) is 2.18. The fraction of sp³-hybridized carbons (Fsp3) is 0.250. The lowest BCUT2D eigenvalue weighted by Crippen LogP contribution is -2.04. The van der Waals surface area contributed by atoms with Crippen molar-refractivity contribution in [2.24, 2.45) is 0 Å². The maximum absolute atomic E-state index is 11.3. The van der Waals surface area contributed by atoms with Gasteiger partial charge in [0.2, 0.25) is 5.89 Å². The van der Waals surface area contributed by atoms with Crippen molar-refractivity contribution in [3.05, 3.63) is 36.2 Å². The van der Waals surface area contributed by atoms with Crippen LogP contribution in [0.1, 0.15) is 5.69 Å². The van der Waals surface area contributed by atoms with Crippen LogP contribution in [-0.4, -0.2) is 26.7 Å². The molecule has 18 heavy (non-hydrogen) atoms. The molecule has 0 aliphatic carbocycles. The summed E-state index contributed by atoms with van der Waals surface area (Å²) in [5.41, 5.74) is 1.56. The van der Waals surface area contributed by atoms with E-state index in [4.69, 9.17) is 4.42 Å². The number of rotatable bonds is 4. The fourth-order valence-electron chi connectivity index (χ4n) is 1.55. The number of nitrogens with one attached hydrogen (secondary N) is 1. The number of benzene rings is 1. The van der Waals surface area contributed by atoms with Gasteiger partial charge >= 0.3 is 0 Å². The van der Waals surface area contributed by atoms with Crippen molar-refractivity contribution in [1.29, 1.82) is 0 Å². The van der Waals surface area contributed by atoms with E-state index in [1.807, 2.05) is 7.05 Å². The van der Waals surface area contributed by atoms with Gasteiger partial charge in [0, 0.05) is 18.4 Å². The van der Waals surface area contributed by atoms with Crippen LogP contribution in [0.15, 0.2) is 39.8 Å². The molecule has 6 heteroatoms. The van der Waals surface area contributed by atoms with Crippen molar-refractivity contribution in [2.75, 3.05) is 13.3 Å². The molecule has 96 valence electrons. The van der Waals surface area contributed by atoms with Crippen LogP contribution in [0.25, 0.3) is 11.5 Å². The minimum absolute atomic E-state index is 0.285. The van der Waals surface area contributed by atoms with Gasteiger partial charge in [0.1, 0.15) is 6.26 Å². The molecule has 0 radical (unpaired) electrons. The Balaban J connectivity index is 2.28. The van der Waals surface area contributed by atoms with Gasteiger partial charge in [-0.3, -0.25) is 0 Å². The Labute approximate surface area is 106 Å². The zero-order valence-corrected chi connectivity index (χ0v) is 11.0. The van der Waals surface area contributed by atoms with Crippen LogP contribution in [0.3, 0.4) is 0 Å². The molecule has 1 heterocycles. The first kappa shape index (κ1) is 12.8. The van der Waals surface area contributed by atoms with E-state index in [0.29, 0.717) is 12.4 Å². The lowest BCUT2D eigenvalue weighted by molar-refractivity contribution is 0.571. The Hall–Kier alpha value is -1.66. The molecule has 2 aromatic rings. The minimum Gasteiger partial charge on any atom is -0.444 e. The first-order valence-corrected chi connectivity index (χ1v) is 7.29. The van der Waals surface area contributed by atoms with E-state index >= 15 is 0 Å². The van der Waals surface area contributed by atoms with E-state index in [9.17, 15) is 8.42 Å². The highest BCUT2D eigenvalue weighted by Gasteiger charge is 2.09. The van der Waals surface area contributed by atoms with E-state index in [2.05, 4.69) is 10.3 Å². The Bertz CT molecular complexity index is 630. The summed E-state index contributed by atoms with van der Waals surface area (Å²) in [5.74, 6) is 0.486. The molecule has 0 atom stereocenters. The van der Waals surface area contributed by atoms with Crippen LogP contribution in [0.4, 0.5) is 0 Å². The normalized spacial score (nSPS) is 11.7. The molecule has 0 unspecified atom stereocenters. The van der Waals surface area contributed by atoms with Crippen molar-refractivity contribution < 1.29 is 12.8 Å². The lowest BCUT2D eigenvalue weighted by Gasteiger charge is -1.99. The summed E-state index contributed by atoms with van der Waals surface area (Å²) in [6, 6.07) is 6.47. The summed E-state index contributed by atoms with van der Waals surface area (Å²) in [4.78, 5) is 4.57. The van der Waals surface area contributed by atoms with Gasteiger partial charge < -0.3 is 9.73 Å². The van der Waals surface area contributed by atoms with Gasteiger partial charge in [0.05, 0.1) is 10.6 Å². The molecule has 0 bridgehead atoms. The van der Waals surface area contributed by atoms with E-state index in [1.54, 1.807) is 30.5 Å². The Kier molecular flexibility index (Phi) is 3.49. The van der Waals surface area contributed by atoms with Crippen LogP contribution in [0.5, 0.6) is 0 Å². The van der Waals surface area contributed by atoms with Crippen molar-refractivity contribution in [1.82, 2.24) is 10.3 Å². The molecule has 1 aromatic heterocycles. The third-order valence-corrected chi connectivity index (χ3v) is 3.57. The molecule has 0 saturated carbocycles. The Morgan fingerprint density at radius 3 is 2.50 bits per heavy atom. The smallest absolute Gasteiger partial charge is 0.226 e. The number of hydrogen-bond acceptors (Lipinski definition) is 5. The molecule has 0 saturated heterocycles. The van der Waals surface area contributed by atoms with Gasteiger partial charge in [-0.2, -0.15) is 0 Å². The van der Waals surface area contributed by atoms with E-state index in [1.165, 1.54) is 6.26 Å². The number of oxazole rings is 1. The molecule has 0 fully saturated rings. The van der Waals surface area contributed by atoms with Gasteiger partial charge in [-0.15, -0.1) is 0 Å². The highest BCUT2D eigenvalue weighted by atomic mass is 32.2. The van der Waals surface area contributed by atoms with Crippen LogP contribution < -0.4 is 5.32 Å². The molecule has 0 spiro atoms. The van der Waals surface area contributed by atoms with Crippen molar-refractivity contribution in [3.63, 3.8) is 0 Å². The molecular formula is C12H14N2O3S. The quantitative estimate of drug-likeness (QED) is 0.907. The topological polar surface area (TPSA) is 72.2 Å². The minimum atomic E-state index is -3.17. The molecule has 5 nitrogen and oxygen atoms in total. The largest absolute Gasteiger partial charge is 0.444 e. The highest BCUT2D eigenvalue weighted by molar-refractivity contribution is 7.90. The summed E-state index contributed by atoms with van der Waals surface area (Å²) in [6.45, 7) is 0.630. The molecule has 2 rings (SSSR count). The summed E-state index contributed by atoms with van der Waals surface area (Å²) >= 11 is 0. The maximum atomic E-state index is 11.3. The second-order valence-corrected chi connectivity index (χ2v) is 5.99. The molecular weight excluding hydrogens is 252 g/mol. The number of aromatic nitrogens is 1. The van der Waals surface area contributed by atoms with Crippen molar-refractivity contribution >= 4 is 9.84 Å². The summed E-state index contributed by atoms with van der Waals surface area (Å²) in [6.07, 6.45) is 2.76. The second-order valence-electron chi connectivity index (χ2n) is 3.97. The molecule has 0 aliphatic heterocycles. The number of nitrogens with zero attached hydrogens (tertiary/aromatic N) is 1. The monoisotopic (exact) mass is 266 g/mol. The van der Waals surface area contributed by atoms with Crippen LogP contribution in [-0.2, 0) is 16.4 Å². The standard InChI is InChI=1S/C12H14N2O3S/c1-13-7-10-8-17-12(14-10)9-3-5-11(6-4-9)18(2,15)16/h3-6,8,13H,7H2,1-2H3. The molecule has 1 aromatic carbocycles. The SMILES string of the molecule is CNCc1coc(-c2ccc(S(C)(=O)=O)cc2)n1. The van der Waals surface area contributed by atoms with Crippen LogP contribution >= 0.6 is 0 Å². The zero-order valence-electron chi connectivity index (χ0n) is 10.2. The summed E-state index contributed by atoms with van der Waals surface area (Å²) < 4.78 is 28.0. The molecule has 0 aliphatic rings. The lowest BCUT2D eigenvalue weighted by atomic mass is 10.2. The Morgan fingerprint density at radius 2 is 1.94 bits per heavy atom. The van der Waals surface area contributed by atoms with Gasteiger partial charge in [0.25, 0.3) is 0 Å². The first-order chi connectivity index (χ1) is 8.50. The van der Waals surface area contributed by atoms with Gasteiger partial charge in [-0.1, -0.05) is 0 Å². The van der Waals surface area contributed by atoms with Crippen LogP contribution in [0.2, 0.25) is 0 Å². The highest BCUT2D eigenvalue weighted by Crippen LogP contribution is 2.20. The number of hydrogen-bond donors (Lipinski definition) is 1. The van der Waals surface area contributed by atoms with E-state index in [0.717, 1.165) is 11.3 Å².